The van der Waals surface area contributed by atoms with E-state index in [2.05, 4.69) is 0 Å². The molecule has 4 heteroatoms. The predicted octanol–water partition coefficient (Wildman–Crippen LogP) is 3.01. The van der Waals surface area contributed by atoms with Gasteiger partial charge in [-0.1, -0.05) is 23.2 Å². The maximum atomic E-state index is 11.0. The van der Waals surface area contributed by atoms with Crippen molar-refractivity contribution >= 4 is 35.3 Å². The molecule has 0 amide bonds. The van der Waals surface area contributed by atoms with Crippen LogP contribution in [0.3, 0.4) is 0 Å². The Kier molecular flexibility index (Phi) is 3.07. The molecule has 0 fully saturated rings. The minimum atomic E-state index is -0.151. The summed E-state index contributed by atoms with van der Waals surface area (Å²) in [6.45, 7) is 1.40. The van der Waals surface area contributed by atoms with E-state index >= 15 is 0 Å². The van der Waals surface area contributed by atoms with Gasteiger partial charge in [-0.3, -0.25) is 9.59 Å². The first-order chi connectivity index (χ1) is 6.06. The summed E-state index contributed by atoms with van der Waals surface area (Å²) < 4.78 is 0. The lowest BCUT2D eigenvalue weighted by atomic mass is 10.1. The van der Waals surface area contributed by atoms with Crippen LogP contribution in [0.25, 0.3) is 0 Å². The maximum Gasteiger partial charge on any atom is 0.159 e. The van der Waals surface area contributed by atoms with E-state index in [1.54, 1.807) is 0 Å². The van der Waals surface area contributed by atoms with Crippen LogP contribution in [0, 0.1) is 0 Å². The van der Waals surface area contributed by atoms with Gasteiger partial charge in [0, 0.05) is 11.1 Å². The van der Waals surface area contributed by atoms with Gasteiger partial charge in [0.1, 0.15) is 0 Å². The Morgan fingerprint density at radius 2 is 2.00 bits per heavy atom. The van der Waals surface area contributed by atoms with Crippen molar-refractivity contribution in [2.24, 2.45) is 0 Å². The second kappa shape index (κ2) is 3.90. The Balaban J connectivity index is 3.38. The second-order valence-electron chi connectivity index (χ2n) is 2.54. The second-order valence-corrected chi connectivity index (χ2v) is 3.32. The Bertz CT molecular complexity index is 372. The number of rotatable bonds is 2. The number of hydrogen-bond acceptors (Lipinski definition) is 2. The fourth-order valence-corrected chi connectivity index (χ4v) is 1.28. The van der Waals surface area contributed by atoms with Crippen LogP contribution in [0.15, 0.2) is 12.1 Å². The van der Waals surface area contributed by atoms with Gasteiger partial charge in [0.05, 0.1) is 10.0 Å². The molecule has 0 aliphatic carbocycles. The summed E-state index contributed by atoms with van der Waals surface area (Å²) in [6, 6.07) is 2.86. The Labute approximate surface area is 85.5 Å². The number of carbonyl (C=O) groups is 2. The SMILES string of the molecule is CC(=O)c1cc(Cl)c(Cl)c(C=O)c1. The summed E-state index contributed by atoms with van der Waals surface area (Å²) in [5.41, 5.74) is 0.621. The Hall–Kier alpha value is -0.860. The quantitative estimate of drug-likeness (QED) is 0.563. The molecule has 1 aromatic carbocycles. The number of halogens is 2. The summed E-state index contributed by atoms with van der Waals surface area (Å²) in [6.07, 6.45) is 0.570. The monoisotopic (exact) mass is 216 g/mol. The first kappa shape index (κ1) is 10.2. The summed E-state index contributed by atoms with van der Waals surface area (Å²) in [5, 5.41) is 0.401. The molecule has 0 saturated heterocycles. The standard InChI is InChI=1S/C9H6Cl2O2/c1-5(13)6-2-7(4-12)9(11)8(10)3-6/h2-4H,1H3. The molecule has 0 heterocycles. The third-order valence-electron chi connectivity index (χ3n) is 1.59. The highest BCUT2D eigenvalue weighted by atomic mass is 35.5. The number of carbonyl (C=O) groups excluding carboxylic acids is 2. The van der Waals surface area contributed by atoms with Crippen molar-refractivity contribution in [1.82, 2.24) is 0 Å². The molecule has 0 bridgehead atoms. The predicted molar refractivity (Wildman–Crippen MR) is 51.9 cm³/mol. The zero-order valence-corrected chi connectivity index (χ0v) is 8.32. The third kappa shape index (κ3) is 2.08. The molecular weight excluding hydrogens is 211 g/mol. The minimum absolute atomic E-state index is 0.151. The van der Waals surface area contributed by atoms with Crippen molar-refractivity contribution in [2.45, 2.75) is 6.92 Å². The van der Waals surface area contributed by atoms with E-state index < -0.39 is 0 Å². The first-order valence-corrected chi connectivity index (χ1v) is 4.27. The van der Waals surface area contributed by atoms with E-state index in [0.717, 1.165) is 0 Å². The van der Waals surface area contributed by atoms with Crippen molar-refractivity contribution in [1.29, 1.82) is 0 Å². The molecule has 1 aromatic rings. The van der Waals surface area contributed by atoms with Gasteiger partial charge in [-0.25, -0.2) is 0 Å². The van der Waals surface area contributed by atoms with Gasteiger partial charge in [-0.05, 0) is 19.1 Å². The lowest BCUT2D eigenvalue weighted by Gasteiger charge is -2.01. The van der Waals surface area contributed by atoms with Crippen LogP contribution in [0.2, 0.25) is 10.0 Å². The topological polar surface area (TPSA) is 34.1 Å². The third-order valence-corrected chi connectivity index (χ3v) is 2.41. The van der Waals surface area contributed by atoms with Crippen molar-refractivity contribution < 1.29 is 9.59 Å². The fraction of sp³-hybridized carbons (Fsp3) is 0.111. The normalized spacial score (nSPS) is 9.77. The van der Waals surface area contributed by atoms with Crippen LogP contribution in [0.4, 0.5) is 0 Å². The van der Waals surface area contributed by atoms with Crippen molar-refractivity contribution in [3.63, 3.8) is 0 Å². The number of ketones is 1. The lowest BCUT2D eigenvalue weighted by Crippen LogP contribution is -1.95. The van der Waals surface area contributed by atoms with Crippen LogP contribution in [0.1, 0.15) is 27.6 Å². The largest absolute Gasteiger partial charge is 0.298 e. The zero-order valence-electron chi connectivity index (χ0n) is 6.80. The molecule has 0 atom stereocenters. The molecule has 0 saturated carbocycles. The summed E-state index contributed by atoms with van der Waals surface area (Å²) >= 11 is 11.4. The zero-order chi connectivity index (χ0) is 10.0. The number of Topliss-reactive ketones (excluding diaryl/α,β-unsaturated/α-hetero) is 1. The number of hydrogen-bond donors (Lipinski definition) is 0. The highest BCUT2D eigenvalue weighted by Crippen LogP contribution is 2.26. The van der Waals surface area contributed by atoms with Gasteiger partial charge in [0.25, 0.3) is 0 Å². The molecule has 0 spiro atoms. The van der Waals surface area contributed by atoms with Crippen molar-refractivity contribution in [3.8, 4) is 0 Å². The number of benzene rings is 1. The van der Waals surface area contributed by atoms with Gasteiger partial charge in [0.2, 0.25) is 0 Å². The van der Waals surface area contributed by atoms with Gasteiger partial charge < -0.3 is 0 Å². The Morgan fingerprint density at radius 3 is 2.46 bits per heavy atom. The average Bonchev–Trinajstić information content (AvgIpc) is 2.09. The number of aldehydes is 1. The summed E-state index contributed by atoms with van der Waals surface area (Å²) in [5.74, 6) is -0.151. The van der Waals surface area contributed by atoms with Crippen LogP contribution in [-0.2, 0) is 0 Å². The van der Waals surface area contributed by atoms with E-state index in [1.807, 2.05) is 0 Å². The molecule has 2 nitrogen and oxygen atoms in total. The highest BCUT2D eigenvalue weighted by molar-refractivity contribution is 6.43. The maximum absolute atomic E-state index is 11.0. The van der Waals surface area contributed by atoms with Crippen molar-refractivity contribution in [2.75, 3.05) is 0 Å². The van der Waals surface area contributed by atoms with Gasteiger partial charge in [0.15, 0.2) is 12.1 Å². The molecule has 13 heavy (non-hydrogen) atoms. The molecule has 0 unspecified atom stereocenters. The molecular formula is C9H6Cl2O2. The van der Waals surface area contributed by atoms with Crippen LogP contribution in [0.5, 0.6) is 0 Å². The molecule has 1 rings (SSSR count). The summed E-state index contributed by atoms with van der Waals surface area (Å²) in [7, 11) is 0. The average molecular weight is 217 g/mol. The van der Waals surface area contributed by atoms with Crippen LogP contribution < -0.4 is 0 Å². The smallest absolute Gasteiger partial charge is 0.159 e. The fourth-order valence-electron chi connectivity index (χ4n) is 0.899. The van der Waals surface area contributed by atoms with E-state index in [1.165, 1.54) is 19.1 Å². The molecule has 0 aliphatic rings. The highest BCUT2D eigenvalue weighted by Gasteiger charge is 2.08. The molecule has 0 aromatic heterocycles. The van der Waals surface area contributed by atoms with E-state index in [4.69, 9.17) is 23.2 Å². The van der Waals surface area contributed by atoms with Crippen LogP contribution >= 0.6 is 23.2 Å². The minimum Gasteiger partial charge on any atom is -0.298 e. The summed E-state index contributed by atoms with van der Waals surface area (Å²) in [4.78, 5) is 21.5. The molecule has 0 radical (unpaired) electrons. The molecule has 0 aliphatic heterocycles. The van der Waals surface area contributed by atoms with E-state index in [0.29, 0.717) is 11.8 Å². The first-order valence-electron chi connectivity index (χ1n) is 3.51. The van der Waals surface area contributed by atoms with Crippen molar-refractivity contribution in [3.05, 3.63) is 33.3 Å². The van der Waals surface area contributed by atoms with Crippen LogP contribution in [-0.4, -0.2) is 12.1 Å². The molecule has 0 N–H and O–H groups in total. The van der Waals surface area contributed by atoms with Gasteiger partial charge in [-0.2, -0.15) is 0 Å². The Morgan fingerprint density at radius 1 is 1.38 bits per heavy atom. The lowest BCUT2D eigenvalue weighted by molar-refractivity contribution is 0.101. The van der Waals surface area contributed by atoms with Gasteiger partial charge >= 0.3 is 0 Å². The molecule has 68 valence electrons. The van der Waals surface area contributed by atoms with E-state index in [9.17, 15) is 9.59 Å². The van der Waals surface area contributed by atoms with Gasteiger partial charge in [-0.15, -0.1) is 0 Å². The van der Waals surface area contributed by atoms with E-state index in [-0.39, 0.29) is 21.4 Å².